The van der Waals surface area contributed by atoms with Crippen molar-refractivity contribution in [3.05, 3.63) is 29.8 Å². The summed E-state index contributed by atoms with van der Waals surface area (Å²) in [5, 5.41) is 10.3. The lowest BCUT2D eigenvalue weighted by Gasteiger charge is -2.03. The lowest BCUT2D eigenvalue weighted by Crippen LogP contribution is -2.19. The van der Waals surface area contributed by atoms with Gasteiger partial charge in [-0.05, 0) is 6.07 Å². The van der Waals surface area contributed by atoms with E-state index >= 15 is 0 Å². The maximum Gasteiger partial charge on any atom is 0.274 e. The third-order valence-electron chi connectivity index (χ3n) is 2.36. The molecule has 2 aromatic heterocycles. The average Bonchev–Trinajstić information content (AvgIpc) is 2.84. The molecule has 0 saturated heterocycles. The van der Waals surface area contributed by atoms with E-state index < -0.39 is 5.91 Å². The van der Waals surface area contributed by atoms with Crippen LogP contribution < -0.4 is 11.1 Å². The van der Waals surface area contributed by atoms with Gasteiger partial charge in [-0.15, -0.1) is 0 Å². The number of nitrogens with zero attached hydrogens (tertiary/aromatic N) is 4. The van der Waals surface area contributed by atoms with Gasteiger partial charge in [-0.1, -0.05) is 0 Å². The number of amides is 2. The Morgan fingerprint density at radius 3 is 2.67 bits per heavy atom. The molecule has 0 spiro atoms. The monoisotopic (exact) mass is 248 g/mol. The van der Waals surface area contributed by atoms with Crippen LogP contribution in [0.4, 0.5) is 5.69 Å². The Morgan fingerprint density at radius 1 is 1.39 bits per heavy atom. The van der Waals surface area contributed by atoms with Gasteiger partial charge < -0.3 is 11.1 Å². The molecule has 2 aromatic rings. The van der Waals surface area contributed by atoms with Crippen molar-refractivity contribution >= 4 is 17.5 Å². The fourth-order valence-electron chi connectivity index (χ4n) is 1.54. The highest BCUT2D eigenvalue weighted by atomic mass is 16.2. The van der Waals surface area contributed by atoms with Gasteiger partial charge in [0.25, 0.3) is 11.8 Å². The molecule has 0 aliphatic carbocycles. The molecule has 0 unspecified atom stereocenters. The van der Waals surface area contributed by atoms with Gasteiger partial charge in [0.1, 0.15) is 5.69 Å². The third-order valence-corrected chi connectivity index (χ3v) is 2.36. The van der Waals surface area contributed by atoms with E-state index in [4.69, 9.17) is 5.73 Å². The number of carbonyl (C=O) groups is 2. The first-order valence-corrected chi connectivity index (χ1v) is 5.12. The fraction of sp³-hybridized carbons (Fsp3) is 0.200. The number of hydrogen-bond acceptors (Lipinski definition) is 4. The minimum Gasteiger partial charge on any atom is -0.364 e. The number of aryl methyl sites for hydroxylation is 2. The number of rotatable bonds is 3. The highest BCUT2D eigenvalue weighted by Gasteiger charge is 2.17. The fourth-order valence-corrected chi connectivity index (χ4v) is 1.54. The number of primary amides is 1. The van der Waals surface area contributed by atoms with Crippen LogP contribution in [0.2, 0.25) is 0 Å². The number of aromatic nitrogens is 4. The average molecular weight is 248 g/mol. The van der Waals surface area contributed by atoms with Crippen LogP contribution >= 0.6 is 0 Å². The molecule has 0 radical (unpaired) electrons. The van der Waals surface area contributed by atoms with Crippen LogP contribution in [0.1, 0.15) is 21.0 Å². The van der Waals surface area contributed by atoms with E-state index in [9.17, 15) is 9.59 Å². The molecule has 0 bridgehead atoms. The zero-order chi connectivity index (χ0) is 13.3. The van der Waals surface area contributed by atoms with E-state index in [1.165, 1.54) is 21.8 Å². The van der Waals surface area contributed by atoms with Gasteiger partial charge in [-0.2, -0.15) is 10.2 Å². The smallest absolute Gasteiger partial charge is 0.274 e. The molecule has 2 heterocycles. The highest BCUT2D eigenvalue weighted by Crippen LogP contribution is 2.13. The molecule has 0 aliphatic rings. The minimum atomic E-state index is -0.698. The summed E-state index contributed by atoms with van der Waals surface area (Å²) in [5.41, 5.74) is 5.83. The second-order valence-electron chi connectivity index (χ2n) is 3.72. The lowest BCUT2D eigenvalue weighted by atomic mass is 10.3. The first-order valence-electron chi connectivity index (χ1n) is 5.12. The molecule has 8 nitrogen and oxygen atoms in total. The molecular weight excluding hydrogens is 236 g/mol. The van der Waals surface area contributed by atoms with Gasteiger partial charge in [-0.25, -0.2) is 0 Å². The van der Waals surface area contributed by atoms with Crippen molar-refractivity contribution < 1.29 is 9.59 Å². The van der Waals surface area contributed by atoms with Crippen molar-refractivity contribution in [2.45, 2.75) is 0 Å². The molecule has 0 aromatic carbocycles. The summed E-state index contributed by atoms with van der Waals surface area (Å²) in [6.07, 6.45) is 3.02. The number of anilines is 1. The second kappa shape index (κ2) is 4.32. The molecule has 0 saturated carbocycles. The zero-order valence-corrected chi connectivity index (χ0v) is 9.91. The maximum atomic E-state index is 11.9. The van der Waals surface area contributed by atoms with Crippen molar-refractivity contribution in [1.29, 1.82) is 0 Å². The van der Waals surface area contributed by atoms with Crippen molar-refractivity contribution in [3.8, 4) is 0 Å². The van der Waals surface area contributed by atoms with Crippen LogP contribution in [0.25, 0.3) is 0 Å². The lowest BCUT2D eigenvalue weighted by molar-refractivity contribution is 0.0995. The molecule has 18 heavy (non-hydrogen) atoms. The number of hydrogen-bond donors (Lipinski definition) is 2. The van der Waals surface area contributed by atoms with E-state index in [-0.39, 0.29) is 17.3 Å². The molecule has 3 N–H and O–H groups in total. The first kappa shape index (κ1) is 11.8. The van der Waals surface area contributed by atoms with E-state index in [1.807, 2.05) is 0 Å². The maximum absolute atomic E-state index is 11.9. The van der Waals surface area contributed by atoms with E-state index in [1.54, 1.807) is 20.2 Å². The van der Waals surface area contributed by atoms with Gasteiger partial charge in [0.2, 0.25) is 0 Å². The van der Waals surface area contributed by atoms with Gasteiger partial charge in [0.05, 0.1) is 5.69 Å². The zero-order valence-electron chi connectivity index (χ0n) is 9.91. The summed E-state index contributed by atoms with van der Waals surface area (Å²) in [6, 6.07) is 1.57. The van der Waals surface area contributed by atoms with Crippen molar-refractivity contribution in [2.24, 2.45) is 19.8 Å². The van der Waals surface area contributed by atoms with Crippen molar-refractivity contribution in [3.63, 3.8) is 0 Å². The van der Waals surface area contributed by atoms with E-state index in [2.05, 4.69) is 15.5 Å². The quantitative estimate of drug-likeness (QED) is 0.763. The molecule has 8 heteroatoms. The molecule has 2 rings (SSSR count). The largest absolute Gasteiger partial charge is 0.364 e. The Morgan fingerprint density at radius 2 is 2.11 bits per heavy atom. The molecular formula is C10H12N6O2. The molecule has 2 amide bonds. The number of nitrogens with one attached hydrogen (secondary N) is 1. The summed E-state index contributed by atoms with van der Waals surface area (Å²) in [6.45, 7) is 0. The number of carbonyl (C=O) groups excluding carboxylic acids is 2. The van der Waals surface area contributed by atoms with Gasteiger partial charge >= 0.3 is 0 Å². The minimum absolute atomic E-state index is 0.0213. The predicted octanol–water partition coefficient (Wildman–Crippen LogP) is -0.495. The molecule has 0 atom stereocenters. The predicted molar refractivity (Wildman–Crippen MR) is 62.9 cm³/mol. The van der Waals surface area contributed by atoms with Crippen molar-refractivity contribution in [1.82, 2.24) is 19.6 Å². The second-order valence-corrected chi connectivity index (χ2v) is 3.72. The van der Waals surface area contributed by atoms with Gasteiger partial charge in [0, 0.05) is 26.5 Å². The summed E-state index contributed by atoms with van der Waals surface area (Å²) in [5.74, 6) is -1.08. The Labute approximate surface area is 102 Å². The van der Waals surface area contributed by atoms with Crippen molar-refractivity contribution in [2.75, 3.05) is 5.32 Å². The van der Waals surface area contributed by atoms with Crippen LogP contribution in [-0.2, 0) is 14.1 Å². The molecule has 0 fully saturated rings. The Hall–Kier alpha value is -2.64. The molecule has 0 aliphatic heterocycles. The third kappa shape index (κ3) is 2.08. The topological polar surface area (TPSA) is 108 Å². The Kier molecular flexibility index (Phi) is 2.84. The van der Waals surface area contributed by atoms with Crippen LogP contribution in [0.15, 0.2) is 18.5 Å². The normalized spacial score (nSPS) is 10.3. The standard InChI is InChI=1S/C10H12N6O2/c1-15-5-6(8(14-15)9(11)17)13-10(18)7-3-4-12-16(7)2/h3-5H,1-2H3,(H2,11,17)(H,13,18). The SMILES string of the molecule is Cn1cc(NC(=O)c2ccnn2C)c(C(N)=O)n1. The van der Waals surface area contributed by atoms with Crippen LogP contribution in [-0.4, -0.2) is 31.4 Å². The highest BCUT2D eigenvalue weighted by molar-refractivity contribution is 6.07. The number of nitrogens with two attached hydrogens (primary N) is 1. The summed E-state index contributed by atoms with van der Waals surface area (Å²) in [7, 11) is 3.28. The van der Waals surface area contributed by atoms with E-state index in [0.717, 1.165) is 0 Å². The summed E-state index contributed by atoms with van der Waals surface area (Å²) >= 11 is 0. The molecule has 94 valence electrons. The summed E-state index contributed by atoms with van der Waals surface area (Å²) < 4.78 is 2.83. The van der Waals surface area contributed by atoms with Crippen LogP contribution in [0.5, 0.6) is 0 Å². The first-order chi connectivity index (χ1) is 8.49. The van der Waals surface area contributed by atoms with Gasteiger partial charge in [0.15, 0.2) is 5.69 Å². The van der Waals surface area contributed by atoms with Crippen LogP contribution in [0, 0.1) is 0 Å². The van der Waals surface area contributed by atoms with Gasteiger partial charge in [-0.3, -0.25) is 19.0 Å². The Bertz CT molecular complexity index is 612. The summed E-state index contributed by atoms with van der Waals surface area (Å²) in [4.78, 5) is 23.1. The van der Waals surface area contributed by atoms with Crippen LogP contribution in [0.3, 0.4) is 0 Å². The Balaban J connectivity index is 2.27. The van der Waals surface area contributed by atoms with E-state index in [0.29, 0.717) is 5.69 Å².